The summed E-state index contributed by atoms with van der Waals surface area (Å²) in [4.78, 5) is 2.65. The van der Waals surface area contributed by atoms with Crippen molar-refractivity contribution in [2.24, 2.45) is 5.11 Å². The number of azide groups is 1. The molecule has 1 rings (SSSR count). The fourth-order valence-electron chi connectivity index (χ4n) is 1.19. The number of rotatable bonds is 5. The fourth-order valence-corrected chi connectivity index (χ4v) is 1.19. The van der Waals surface area contributed by atoms with Gasteiger partial charge in [0.1, 0.15) is 5.75 Å². The average Bonchev–Trinajstić information content (AvgIpc) is 2.31. The van der Waals surface area contributed by atoms with E-state index >= 15 is 0 Å². The summed E-state index contributed by atoms with van der Waals surface area (Å²) in [7, 11) is 0. The van der Waals surface area contributed by atoms with E-state index in [1.807, 2.05) is 13.0 Å². The molecule has 0 aliphatic rings. The maximum absolute atomic E-state index is 8.73. The Labute approximate surface area is 93.9 Å². The highest BCUT2D eigenvalue weighted by atomic mass is 16.5. The maximum atomic E-state index is 8.73. The van der Waals surface area contributed by atoms with Gasteiger partial charge >= 0.3 is 0 Å². The molecule has 1 aromatic rings. The molecular formula is C11H12N4O. The lowest BCUT2D eigenvalue weighted by Gasteiger charge is -2.08. The second-order valence-electron chi connectivity index (χ2n) is 3.25. The van der Waals surface area contributed by atoms with E-state index in [1.54, 1.807) is 12.1 Å². The van der Waals surface area contributed by atoms with Crippen LogP contribution in [0.4, 0.5) is 0 Å². The molecule has 0 spiro atoms. The van der Waals surface area contributed by atoms with Gasteiger partial charge in [0.05, 0.1) is 18.2 Å². The molecule has 0 heterocycles. The summed E-state index contributed by atoms with van der Waals surface area (Å²) in [5, 5.41) is 12.1. The third-order valence-electron chi connectivity index (χ3n) is 2.04. The normalized spacial score (nSPS) is 9.00. The van der Waals surface area contributed by atoms with Crippen molar-refractivity contribution in [1.82, 2.24) is 0 Å². The molecule has 0 N–H and O–H groups in total. The Hall–Kier alpha value is -2.18. The van der Waals surface area contributed by atoms with Crippen molar-refractivity contribution in [3.8, 4) is 11.8 Å². The SMILES string of the molecule is Cc1ccc(C#N)cc1OCCCN=[N+]=[N-]. The molecule has 0 aliphatic carbocycles. The molecule has 0 atom stereocenters. The first-order valence-electron chi connectivity index (χ1n) is 4.92. The van der Waals surface area contributed by atoms with Gasteiger partial charge in [0.25, 0.3) is 0 Å². The number of benzene rings is 1. The molecule has 5 heteroatoms. The topological polar surface area (TPSA) is 81.8 Å². The van der Waals surface area contributed by atoms with Crippen LogP contribution in [0.3, 0.4) is 0 Å². The van der Waals surface area contributed by atoms with Gasteiger partial charge in [-0.3, -0.25) is 0 Å². The van der Waals surface area contributed by atoms with Gasteiger partial charge in [0, 0.05) is 11.5 Å². The van der Waals surface area contributed by atoms with Gasteiger partial charge in [-0.15, -0.1) is 0 Å². The number of aryl methyl sites for hydroxylation is 1. The predicted octanol–water partition coefficient (Wildman–Crippen LogP) is 2.95. The Balaban J connectivity index is 2.53. The van der Waals surface area contributed by atoms with E-state index in [-0.39, 0.29) is 0 Å². The zero-order chi connectivity index (χ0) is 11.8. The van der Waals surface area contributed by atoms with Crippen LogP contribution in [0.25, 0.3) is 10.4 Å². The largest absolute Gasteiger partial charge is 0.493 e. The summed E-state index contributed by atoms with van der Waals surface area (Å²) in [6.07, 6.45) is 0.667. The Morgan fingerprint density at radius 1 is 1.56 bits per heavy atom. The minimum absolute atomic E-state index is 0.424. The van der Waals surface area contributed by atoms with Crippen LogP contribution in [0.2, 0.25) is 0 Å². The lowest BCUT2D eigenvalue weighted by atomic mass is 10.1. The van der Waals surface area contributed by atoms with E-state index in [9.17, 15) is 0 Å². The summed E-state index contributed by atoms with van der Waals surface area (Å²) in [5.41, 5.74) is 9.64. The summed E-state index contributed by atoms with van der Waals surface area (Å²) in [6.45, 7) is 2.83. The van der Waals surface area contributed by atoms with E-state index in [0.717, 1.165) is 5.56 Å². The molecule has 0 aromatic heterocycles. The lowest BCUT2D eigenvalue weighted by molar-refractivity contribution is 0.311. The number of hydrogen-bond acceptors (Lipinski definition) is 3. The maximum Gasteiger partial charge on any atom is 0.123 e. The standard InChI is InChI=1S/C11H12N4O/c1-9-3-4-10(8-12)7-11(9)16-6-2-5-14-15-13/h3-4,7H,2,5-6H2,1H3. The number of nitrogens with zero attached hydrogens (tertiary/aromatic N) is 4. The summed E-state index contributed by atoms with van der Waals surface area (Å²) in [6, 6.07) is 7.37. The Morgan fingerprint density at radius 3 is 3.06 bits per heavy atom. The second-order valence-corrected chi connectivity index (χ2v) is 3.25. The fraction of sp³-hybridized carbons (Fsp3) is 0.364. The van der Waals surface area contributed by atoms with Crippen molar-refractivity contribution in [2.45, 2.75) is 13.3 Å². The monoisotopic (exact) mass is 216 g/mol. The van der Waals surface area contributed by atoms with Gasteiger partial charge in [0.15, 0.2) is 0 Å². The van der Waals surface area contributed by atoms with Crippen LogP contribution >= 0.6 is 0 Å². The first kappa shape index (κ1) is 11.9. The number of hydrogen-bond donors (Lipinski definition) is 0. The van der Waals surface area contributed by atoms with Gasteiger partial charge in [-0.1, -0.05) is 11.2 Å². The third-order valence-corrected chi connectivity index (χ3v) is 2.04. The highest BCUT2D eigenvalue weighted by Crippen LogP contribution is 2.19. The van der Waals surface area contributed by atoms with Crippen molar-refractivity contribution >= 4 is 0 Å². The molecule has 0 saturated heterocycles. The van der Waals surface area contributed by atoms with E-state index < -0.39 is 0 Å². The molecule has 0 amide bonds. The van der Waals surface area contributed by atoms with Crippen LogP contribution in [-0.2, 0) is 0 Å². The number of nitriles is 1. The van der Waals surface area contributed by atoms with Crippen LogP contribution in [0.5, 0.6) is 5.75 Å². The smallest absolute Gasteiger partial charge is 0.123 e. The predicted molar refractivity (Wildman–Crippen MR) is 60.0 cm³/mol. The minimum atomic E-state index is 0.424. The zero-order valence-corrected chi connectivity index (χ0v) is 9.05. The van der Waals surface area contributed by atoms with Crippen LogP contribution in [0.15, 0.2) is 23.3 Å². The van der Waals surface area contributed by atoms with Gasteiger partial charge in [-0.05, 0) is 36.6 Å². The molecule has 82 valence electrons. The number of ether oxygens (including phenoxy) is 1. The Morgan fingerprint density at radius 2 is 2.38 bits per heavy atom. The van der Waals surface area contributed by atoms with Crippen molar-refractivity contribution < 1.29 is 4.74 Å². The van der Waals surface area contributed by atoms with Crippen molar-refractivity contribution in [2.75, 3.05) is 13.2 Å². The van der Waals surface area contributed by atoms with Crippen LogP contribution < -0.4 is 4.74 Å². The van der Waals surface area contributed by atoms with Crippen LogP contribution in [-0.4, -0.2) is 13.2 Å². The molecule has 0 radical (unpaired) electrons. The van der Waals surface area contributed by atoms with E-state index in [0.29, 0.717) is 30.9 Å². The molecule has 0 unspecified atom stereocenters. The highest BCUT2D eigenvalue weighted by molar-refractivity contribution is 5.41. The average molecular weight is 216 g/mol. The van der Waals surface area contributed by atoms with Gasteiger partial charge < -0.3 is 4.74 Å². The van der Waals surface area contributed by atoms with Crippen molar-refractivity contribution in [3.05, 3.63) is 39.8 Å². The molecular weight excluding hydrogens is 204 g/mol. The van der Waals surface area contributed by atoms with Crippen molar-refractivity contribution in [3.63, 3.8) is 0 Å². The second kappa shape index (κ2) is 6.33. The van der Waals surface area contributed by atoms with E-state index in [1.165, 1.54) is 0 Å². The van der Waals surface area contributed by atoms with Gasteiger partial charge in [0.2, 0.25) is 0 Å². The molecule has 0 aliphatic heterocycles. The Kier molecular flexibility index (Phi) is 4.71. The van der Waals surface area contributed by atoms with E-state index in [2.05, 4.69) is 16.1 Å². The summed E-state index contributed by atoms with van der Waals surface area (Å²) >= 11 is 0. The molecule has 0 saturated carbocycles. The first-order chi connectivity index (χ1) is 7.77. The minimum Gasteiger partial charge on any atom is -0.493 e. The Bertz CT molecular complexity index is 444. The first-order valence-corrected chi connectivity index (χ1v) is 4.92. The molecule has 16 heavy (non-hydrogen) atoms. The molecule has 5 nitrogen and oxygen atoms in total. The highest BCUT2D eigenvalue weighted by Gasteiger charge is 2.00. The van der Waals surface area contributed by atoms with Crippen molar-refractivity contribution in [1.29, 1.82) is 5.26 Å². The van der Waals surface area contributed by atoms with Crippen LogP contribution in [0.1, 0.15) is 17.5 Å². The molecule has 0 fully saturated rings. The summed E-state index contributed by atoms with van der Waals surface area (Å²) in [5.74, 6) is 0.708. The van der Waals surface area contributed by atoms with E-state index in [4.69, 9.17) is 15.5 Å². The van der Waals surface area contributed by atoms with Gasteiger partial charge in [-0.25, -0.2) is 0 Å². The summed E-state index contributed by atoms with van der Waals surface area (Å²) < 4.78 is 5.49. The molecule has 1 aromatic carbocycles. The van der Waals surface area contributed by atoms with Gasteiger partial charge in [-0.2, -0.15) is 5.26 Å². The lowest BCUT2D eigenvalue weighted by Crippen LogP contribution is -2.00. The molecule has 0 bridgehead atoms. The zero-order valence-electron chi connectivity index (χ0n) is 9.05. The van der Waals surface area contributed by atoms with Crippen LogP contribution in [0, 0.1) is 18.3 Å². The quantitative estimate of drug-likeness (QED) is 0.328. The third kappa shape index (κ3) is 3.52.